The highest BCUT2D eigenvalue weighted by Crippen LogP contribution is 2.17. The fourth-order valence-electron chi connectivity index (χ4n) is 2.26. The molecule has 0 saturated carbocycles. The number of aryl methyl sites for hydroxylation is 1. The van der Waals surface area contributed by atoms with Gasteiger partial charge < -0.3 is 14.3 Å². The fourth-order valence-corrected chi connectivity index (χ4v) is 2.26. The molecule has 24 heavy (non-hydrogen) atoms. The van der Waals surface area contributed by atoms with Gasteiger partial charge in [0.15, 0.2) is 0 Å². The van der Waals surface area contributed by atoms with Gasteiger partial charge in [-0.1, -0.05) is 34.6 Å². The molecule has 1 aliphatic heterocycles. The van der Waals surface area contributed by atoms with E-state index in [1.165, 1.54) is 0 Å². The zero-order valence-electron chi connectivity index (χ0n) is 13.1. The molecule has 8 nitrogen and oxygen atoms in total. The summed E-state index contributed by atoms with van der Waals surface area (Å²) in [5.74, 6) is 1.07. The molecule has 0 N–H and O–H groups in total. The summed E-state index contributed by atoms with van der Waals surface area (Å²) < 4.78 is 4.95. The molecule has 1 fully saturated rings. The summed E-state index contributed by atoms with van der Waals surface area (Å²) in [6.07, 6.45) is 0.317. The first-order valence-electron chi connectivity index (χ1n) is 7.38. The van der Waals surface area contributed by atoms with E-state index in [1.54, 1.807) is 11.8 Å². The maximum absolute atomic E-state index is 12.2. The van der Waals surface area contributed by atoms with Crippen molar-refractivity contribution in [3.05, 3.63) is 35.7 Å². The number of carbonyl (C=O) groups is 1. The molecule has 0 spiro atoms. The first-order valence-corrected chi connectivity index (χ1v) is 7.38. The lowest BCUT2D eigenvalue weighted by molar-refractivity contribution is -0.130. The van der Waals surface area contributed by atoms with E-state index in [9.17, 15) is 4.79 Å². The summed E-state index contributed by atoms with van der Waals surface area (Å²) in [7, 11) is 0. The Bertz CT molecular complexity index is 796. The molecular weight excluding hydrogens is 310 g/mol. The molecule has 0 radical (unpaired) electrons. The highest BCUT2D eigenvalue weighted by Gasteiger charge is 2.27. The lowest BCUT2D eigenvalue weighted by atomic mass is 10.1. The molecule has 0 bridgehead atoms. The minimum absolute atomic E-state index is 0.0254. The summed E-state index contributed by atoms with van der Waals surface area (Å²) in [5, 5.41) is 16.0. The predicted octanol–water partition coefficient (Wildman–Crippen LogP) is 1.33. The SMILES string of the molecule is Cc1nc(-c2ccc(CC(=O)N3CC(=NOCC#N)C3)cc2)no1. The van der Waals surface area contributed by atoms with Crippen LogP contribution >= 0.6 is 0 Å². The van der Waals surface area contributed by atoms with E-state index in [0.29, 0.717) is 31.2 Å². The van der Waals surface area contributed by atoms with Crippen LogP contribution in [0.5, 0.6) is 0 Å². The highest BCUT2D eigenvalue weighted by atomic mass is 16.6. The van der Waals surface area contributed by atoms with Gasteiger partial charge in [0, 0.05) is 12.5 Å². The smallest absolute Gasteiger partial charge is 0.227 e. The number of aromatic nitrogens is 2. The minimum atomic E-state index is -0.0797. The zero-order valence-corrected chi connectivity index (χ0v) is 13.1. The van der Waals surface area contributed by atoms with Crippen LogP contribution in [0.1, 0.15) is 11.5 Å². The first-order chi connectivity index (χ1) is 11.7. The Morgan fingerprint density at radius 1 is 1.42 bits per heavy atom. The Hall–Kier alpha value is -3.21. The monoisotopic (exact) mass is 325 g/mol. The quantitative estimate of drug-likeness (QED) is 0.606. The minimum Gasteiger partial charge on any atom is -0.380 e. The van der Waals surface area contributed by atoms with Crippen LogP contribution < -0.4 is 0 Å². The van der Waals surface area contributed by atoms with Crippen molar-refractivity contribution in [3.63, 3.8) is 0 Å². The summed E-state index contributed by atoms with van der Waals surface area (Å²) in [6, 6.07) is 9.32. The van der Waals surface area contributed by atoms with E-state index in [0.717, 1.165) is 16.8 Å². The Morgan fingerprint density at radius 2 is 2.17 bits per heavy atom. The Balaban J connectivity index is 1.53. The maximum atomic E-state index is 12.2. The van der Waals surface area contributed by atoms with Crippen molar-refractivity contribution in [3.8, 4) is 17.5 Å². The van der Waals surface area contributed by atoms with E-state index in [4.69, 9.17) is 14.6 Å². The molecule has 2 heterocycles. The van der Waals surface area contributed by atoms with Crippen molar-refractivity contribution in [2.24, 2.45) is 5.16 Å². The van der Waals surface area contributed by atoms with Gasteiger partial charge in [-0.05, 0) is 5.56 Å². The third-order valence-electron chi connectivity index (χ3n) is 3.52. The molecule has 0 unspecified atom stereocenters. The number of carbonyl (C=O) groups excluding carboxylic acids is 1. The lowest BCUT2D eigenvalue weighted by Crippen LogP contribution is -2.51. The molecule has 1 amide bonds. The molecule has 1 aromatic heterocycles. The number of likely N-dealkylation sites (tertiary alicyclic amines) is 1. The van der Waals surface area contributed by atoms with Gasteiger partial charge in [-0.25, -0.2) is 0 Å². The molecule has 0 atom stereocenters. The van der Waals surface area contributed by atoms with Crippen molar-refractivity contribution >= 4 is 11.6 Å². The van der Waals surface area contributed by atoms with E-state index in [1.807, 2.05) is 30.3 Å². The van der Waals surface area contributed by atoms with Crippen molar-refractivity contribution in [1.82, 2.24) is 15.0 Å². The number of nitriles is 1. The average Bonchev–Trinajstić information content (AvgIpc) is 2.96. The molecular formula is C16H15N5O3. The van der Waals surface area contributed by atoms with Gasteiger partial charge >= 0.3 is 0 Å². The summed E-state index contributed by atoms with van der Waals surface area (Å²) in [6.45, 7) is 2.55. The number of hydrogen-bond acceptors (Lipinski definition) is 7. The topological polar surface area (TPSA) is 105 Å². The molecule has 1 saturated heterocycles. The third-order valence-corrected chi connectivity index (χ3v) is 3.52. The van der Waals surface area contributed by atoms with Gasteiger partial charge in [-0.15, -0.1) is 0 Å². The summed E-state index contributed by atoms with van der Waals surface area (Å²) >= 11 is 0. The van der Waals surface area contributed by atoms with Gasteiger partial charge in [0.2, 0.25) is 24.2 Å². The first kappa shape index (κ1) is 15.7. The zero-order chi connectivity index (χ0) is 16.9. The van der Waals surface area contributed by atoms with Gasteiger partial charge in [0.05, 0.1) is 25.2 Å². The molecule has 0 aliphatic carbocycles. The third kappa shape index (κ3) is 3.57. The number of hydrogen-bond donors (Lipinski definition) is 0. The van der Waals surface area contributed by atoms with Crippen LogP contribution in [-0.4, -0.2) is 46.4 Å². The second kappa shape index (κ2) is 6.91. The number of benzene rings is 1. The van der Waals surface area contributed by atoms with Gasteiger partial charge in [-0.3, -0.25) is 4.79 Å². The molecule has 122 valence electrons. The normalized spacial score (nSPS) is 13.2. The maximum Gasteiger partial charge on any atom is 0.227 e. The summed E-state index contributed by atoms with van der Waals surface area (Å²) in [4.78, 5) is 22.8. The van der Waals surface area contributed by atoms with Crippen LogP contribution in [0.15, 0.2) is 33.9 Å². The van der Waals surface area contributed by atoms with Crippen molar-refractivity contribution in [2.45, 2.75) is 13.3 Å². The number of nitrogens with zero attached hydrogens (tertiary/aromatic N) is 5. The number of rotatable bonds is 5. The van der Waals surface area contributed by atoms with Gasteiger partial charge in [0.1, 0.15) is 6.07 Å². The lowest BCUT2D eigenvalue weighted by Gasteiger charge is -2.32. The van der Waals surface area contributed by atoms with Crippen LogP contribution in [-0.2, 0) is 16.1 Å². The van der Waals surface area contributed by atoms with Crippen LogP contribution in [0.2, 0.25) is 0 Å². The number of oxime groups is 1. The molecule has 2 aromatic rings. The second-order valence-corrected chi connectivity index (χ2v) is 5.35. The largest absolute Gasteiger partial charge is 0.380 e. The van der Waals surface area contributed by atoms with Crippen molar-refractivity contribution < 1.29 is 14.2 Å². The van der Waals surface area contributed by atoms with E-state index in [2.05, 4.69) is 15.3 Å². The van der Waals surface area contributed by atoms with E-state index < -0.39 is 0 Å². The van der Waals surface area contributed by atoms with Gasteiger partial charge in [0.25, 0.3) is 0 Å². The summed E-state index contributed by atoms with van der Waals surface area (Å²) in [5.41, 5.74) is 2.52. The van der Waals surface area contributed by atoms with Crippen LogP contribution in [0, 0.1) is 18.3 Å². The molecule has 3 rings (SSSR count). The molecule has 1 aromatic carbocycles. The van der Waals surface area contributed by atoms with Crippen LogP contribution in [0.25, 0.3) is 11.4 Å². The fraction of sp³-hybridized carbons (Fsp3) is 0.312. The Kier molecular flexibility index (Phi) is 4.52. The molecule has 8 heteroatoms. The van der Waals surface area contributed by atoms with Crippen molar-refractivity contribution in [2.75, 3.05) is 19.7 Å². The Labute approximate surface area is 138 Å². The van der Waals surface area contributed by atoms with E-state index >= 15 is 0 Å². The highest BCUT2D eigenvalue weighted by molar-refractivity contribution is 5.99. The molecule has 1 aliphatic rings. The predicted molar refractivity (Wildman–Crippen MR) is 83.8 cm³/mol. The standard InChI is InChI=1S/C16H15N5O3/c1-11-18-16(20-24-11)13-4-2-12(3-5-13)8-15(22)21-9-14(10-21)19-23-7-6-17/h2-5H,7-10H2,1H3. The number of amides is 1. The van der Waals surface area contributed by atoms with Crippen molar-refractivity contribution in [1.29, 1.82) is 5.26 Å². The van der Waals surface area contributed by atoms with Crippen LogP contribution in [0.4, 0.5) is 0 Å². The van der Waals surface area contributed by atoms with Crippen LogP contribution in [0.3, 0.4) is 0 Å². The second-order valence-electron chi connectivity index (χ2n) is 5.35. The van der Waals surface area contributed by atoms with E-state index in [-0.39, 0.29) is 12.5 Å². The Morgan fingerprint density at radius 3 is 2.79 bits per heavy atom. The average molecular weight is 325 g/mol. The van der Waals surface area contributed by atoms with Gasteiger partial charge in [-0.2, -0.15) is 10.2 Å².